The fourth-order valence-corrected chi connectivity index (χ4v) is 3.54. The summed E-state index contributed by atoms with van der Waals surface area (Å²) >= 11 is 3.46. The maximum atomic E-state index is 13.3. The number of anilines is 2. The number of halogens is 1. The Hall–Kier alpha value is -3.13. The van der Waals surface area contributed by atoms with Gasteiger partial charge in [-0.25, -0.2) is 4.68 Å². The van der Waals surface area contributed by atoms with Gasteiger partial charge in [0.05, 0.1) is 18.4 Å². The van der Waals surface area contributed by atoms with E-state index in [-0.39, 0.29) is 5.91 Å². The Balaban J connectivity index is 1.76. The van der Waals surface area contributed by atoms with Crippen molar-refractivity contribution in [1.82, 2.24) is 14.8 Å². The minimum absolute atomic E-state index is 0.233. The highest BCUT2D eigenvalue weighted by Crippen LogP contribution is 2.36. The molecule has 0 radical (unpaired) electrons. The molecule has 2 heterocycles. The Morgan fingerprint density at radius 1 is 1.21 bits per heavy atom. The number of benzene rings is 2. The minimum Gasteiger partial charge on any atom is -0.495 e. The van der Waals surface area contributed by atoms with E-state index in [2.05, 4.69) is 36.6 Å². The third-order valence-corrected chi connectivity index (χ3v) is 5.11. The van der Waals surface area contributed by atoms with Crippen molar-refractivity contribution in [2.75, 3.05) is 17.7 Å². The predicted molar refractivity (Wildman–Crippen MR) is 110 cm³/mol. The Kier molecular flexibility index (Phi) is 4.87. The van der Waals surface area contributed by atoms with E-state index in [0.717, 1.165) is 15.7 Å². The number of para-hydroxylation sites is 2. The van der Waals surface area contributed by atoms with E-state index >= 15 is 0 Å². The highest BCUT2D eigenvalue weighted by atomic mass is 79.9. The summed E-state index contributed by atoms with van der Waals surface area (Å²) in [7, 11) is 1.57. The Bertz CT molecular complexity index is 1060. The van der Waals surface area contributed by atoms with Gasteiger partial charge in [0.25, 0.3) is 5.91 Å². The first-order chi connectivity index (χ1) is 13.6. The largest absolute Gasteiger partial charge is 0.495 e. The second-order valence-corrected chi connectivity index (χ2v) is 7.22. The molecule has 0 spiro atoms. The molecule has 0 saturated heterocycles. The van der Waals surface area contributed by atoms with Crippen molar-refractivity contribution < 1.29 is 9.53 Å². The monoisotopic (exact) mass is 439 g/mol. The zero-order chi connectivity index (χ0) is 19.7. The van der Waals surface area contributed by atoms with E-state index in [4.69, 9.17) is 4.74 Å². The number of hydrogen-bond acceptors (Lipinski definition) is 5. The SMILES string of the molecule is COc1ccccc1NC(=O)C1=C(C)Nc2ncnn2[C@H]1c1ccc(Br)cc1. The summed E-state index contributed by atoms with van der Waals surface area (Å²) in [6.07, 6.45) is 1.47. The second-order valence-electron chi connectivity index (χ2n) is 6.30. The molecular formula is C20H18BrN5O2. The lowest BCUT2D eigenvalue weighted by molar-refractivity contribution is -0.113. The van der Waals surface area contributed by atoms with Crippen LogP contribution in [0.4, 0.5) is 11.6 Å². The van der Waals surface area contributed by atoms with Gasteiger partial charge in [-0.05, 0) is 36.8 Å². The van der Waals surface area contributed by atoms with Crippen molar-refractivity contribution in [3.05, 3.63) is 76.2 Å². The van der Waals surface area contributed by atoms with E-state index in [1.165, 1.54) is 6.33 Å². The Labute approximate surface area is 170 Å². The molecule has 0 bridgehead atoms. The standard InChI is InChI=1S/C20H18BrN5O2/c1-12-17(19(27)25-15-5-3-4-6-16(15)28-2)18(13-7-9-14(21)10-8-13)26-20(24-12)22-11-23-26/h3-11,18H,1-2H3,(H,25,27)(H,22,23,24)/t18-/m0/s1. The molecule has 0 aliphatic carbocycles. The summed E-state index contributed by atoms with van der Waals surface area (Å²) in [6, 6.07) is 14.7. The topological polar surface area (TPSA) is 81.1 Å². The van der Waals surface area contributed by atoms with E-state index in [1.807, 2.05) is 43.3 Å². The number of nitrogens with one attached hydrogen (secondary N) is 2. The van der Waals surface area contributed by atoms with Gasteiger partial charge in [0, 0.05) is 10.2 Å². The number of nitrogens with zero attached hydrogens (tertiary/aromatic N) is 3. The molecule has 3 aromatic rings. The van der Waals surface area contributed by atoms with Gasteiger partial charge in [-0.2, -0.15) is 10.1 Å². The molecule has 8 heteroatoms. The van der Waals surface area contributed by atoms with E-state index < -0.39 is 6.04 Å². The summed E-state index contributed by atoms with van der Waals surface area (Å²) in [5.41, 5.74) is 2.82. The number of ether oxygens (including phenoxy) is 1. The van der Waals surface area contributed by atoms with Gasteiger partial charge in [-0.1, -0.05) is 40.2 Å². The first-order valence-corrected chi connectivity index (χ1v) is 9.45. The van der Waals surface area contributed by atoms with Crippen LogP contribution in [0.2, 0.25) is 0 Å². The molecular weight excluding hydrogens is 422 g/mol. The van der Waals surface area contributed by atoms with Crippen LogP contribution in [0.5, 0.6) is 5.75 Å². The van der Waals surface area contributed by atoms with Crippen molar-refractivity contribution in [3.8, 4) is 5.75 Å². The second kappa shape index (κ2) is 7.47. The molecule has 142 valence electrons. The van der Waals surface area contributed by atoms with Crippen LogP contribution >= 0.6 is 15.9 Å². The molecule has 7 nitrogen and oxygen atoms in total. The van der Waals surface area contributed by atoms with Crippen LogP contribution in [-0.4, -0.2) is 27.8 Å². The van der Waals surface area contributed by atoms with Crippen molar-refractivity contribution >= 4 is 33.5 Å². The van der Waals surface area contributed by atoms with E-state index in [0.29, 0.717) is 23.0 Å². The molecule has 1 amide bonds. The molecule has 2 N–H and O–H groups in total. The number of allylic oxidation sites excluding steroid dienone is 1. The smallest absolute Gasteiger partial charge is 0.255 e. The molecule has 4 rings (SSSR count). The highest BCUT2D eigenvalue weighted by molar-refractivity contribution is 9.10. The zero-order valence-electron chi connectivity index (χ0n) is 15.3. The summed E-state index contributed by atoms with van der Waals surface area (Å²) in [5.74, 6) is 0.960. The van der Waals surface area contributed by atoms with Crippen molar-refractivity contribution in [2.45, 2.75) is 13.0 Å². The molecule has 1 aliphatic heterocycles. The third kappa shape index (κ3) is 3.27. The number of fused-ring (bicyclic) bond motifs is 1. The van der Waals surface area contributed by atoms with Crippen molar-refractivity contribution in [2.24, 2.45) is 0 Å². The number of amides is 1. The van der Waals surface area contributed by atoms with Crippen LogP contribution < -0.4 is 15.4 Å². The summed E-state index contributed by atoms with van der Waals surface area (Å²) in [5, 5.41) is 10.5. The lowest BCUT2D eigenvalue weighted by atomic mass is 9.95. The van der Waals surface area contributed by atoms with E-state index in [9.17, 15) is 4.79 Å². The quantitative estimate of drug-likeness (QED) is 0.642. The molecule has 0 fully saturated rings. The molecule has 1 aliphatic rings. The van der Waals surface area contributed by atoms with Crippen molar-refractivity contribution in [1.29, 1.82) is 0 Å². The van der Waals surface area contributed by atoms with Crippen molar-refractivity contribution in [3.63, 3.8) is 0 Å². The molecule has 0 saturated carbocycles. The van der Waals surface area contributed by atoms with Crippen LogP contribution in [0.25, 0.3) is 0 Å². The first kappa shape index (κ1) is 18.2. The summed E-state index contributed by atoms with van der Waals surface area (Å²) in [6.45, 7) is 1.86. The number of carbonyl (C=O) groups is 1. The van der Waals surface area contributed by atoms with Gasteiger partial charge in [-0.3, -0.25) is 4.79 Å². The molecule has 1 aromatic heterocycles. The Morgan fingerprint density at radius 2 is 1.96 bits per heavy atom. The zero-order valence-corrected chi connectivity index (χ0v) is 16.9. The average molecular weight is 440 g/mol. The van der Waals surface area contributed by atoms with Gasteiger partial charge in [0.15, 0.2) is 0 Å². The van der Waals surface area contributed by atoms with Gasteiger partial charge < -0.3 is 15.4 Å². The summed E-state index contributed by atoms with van der Waals surface area (Å²) < 4.78 is 8.03. The number of methoxy groups -OCH3 is 1. The van der Waals surface area contributed by atoms with E-state index in [1.54, 1.807) is 23.9 Å². The van der Waals surface area contributed by atoms with Gasteiger partial charge in [-0.15, -0.1) is 0 Å². The lowest BCUT2D eigenvalue weighted by Gasteiger charge is -2.29. The highest BCUT2D eigenvalue weighted by Gasteiger charge is 2.33. The predicted octanol–water partition coefficient (Wildman–Crippen LogP) is 3.98. The first-order valence-electron chi connectivity index (χ1n) is 8.65. The van der Waals surface area contributed by atoms with Gasteiger partial charge >= 0.3 is 0 Å². The Morgan fingerprint density at radius 3 is 2.71 bits per heavy atom. The molecule has 2 aromatic carbocycles. The minimum atomic E-state index is -0.401. The van der Waals surface area contributed by atoms with Crippen LogP contribution in [0, 0.1) is 0 Å². The molecule has 0 unspecified atom stereocenters. The maximum absolute atomic E-state index is 13.3. The number of hydrogen-bond donors (Lipinski definition) is 2. The van der Waals surface area contributed by atoms with Crippen LogP contribution in [0.1, 0.15) is 18.5 Å². The fourth-order valence-electron chi connectivity index (χ4n) is 3.28. The summed E-state index contributed by atoms with van der Waals surface area (Å²) in [4.78, 5) is 17.5. The van der Waals surface area contributed by atoms with Gasteiger partial charge in [0.2, 0.25) is 5.95 Å². The third-order valence-electron chi connectivity index (χ3n) is 4.58. The number of aromatic nitrogens is 3. The molecule has 28 heavy (non-hydrogen) atoms. The average Bonchev–Trinajstić information content (AvgIpc) is 3.16. The lowest BCUT2D eigenvalue weighted by Crippen LogP contribution is -2.31. The fraction of sp³-hybridized carbons (Fsp3) is 0.150. The normalized spacial score (nSPS) is 15.6. The van der Waals surface area contributed by atoms with Crippen LogP contribution in [0.3, 0.4) is 0 Å². The van der Waals surface area contributed by atoms with Crippen LogP contribution in [-0.2, 0) is 4.79 Å². The molecule has 1 atom stereocenters. The van der Waals surface area contributed by atoms with Gasteiger partial charge in [0.1, 0.15) is 18.1 Å². The van der Waals surface area contributed by atoms with Crippen LogP contribution in [0.15, 0.2) is 70.6 Å². The number of rotatable bonds is 4. The number of carbonyl (C=O) groups excluding carboxylic acids is 1. The maximum Gasteiger partial charge on any atom is 0.255 e.